The van der Waals surface area contributed by atoms with E-state index in [-0.39, 0.29) is 11.5 Å². The summed E-state index contributed by atoms with van der Waals surface area (Å²) in [5.74, 6) is 1.12. The summed E-state index contributed by atoms with van der Waals surface area (Å²) in [6.07, 6.45) is 7.17. The van der Waals surface area contributed by atoms with E-state index in [2.05, 4.69) is 20.0 Å². The number of aliphatic imine (C=N–C) groups is 2. The summed E-state index contributed by atoms with van der Waals surface area (Å²) in [5.41, 5.74) is 5.56. The Kier molecular flexibility index (Phi) is 6.17. The second kappa shape index (κ2) is 9.89. The number of aromatic hydroxyl groups is 2. The first-order valence-electron chi connectivity index (χ1n) is 11.1. The minimum Gasteiger partial charge on any atom is -0.507 e. The van der Waals surface area contributed by atoms with Gasteiger partial charge >= 0.3 is 0 Å². The molecule has 0 aliphatic rings. The van der Waals surface area contributed by atoms with Gasteiger partial charge in [-0.15, -0.1) is 0 Å². The van der Waals surface area contributed by atoms with E-state index >= 15 is 0 Å². The molecule has 0 aliphatic carbocycles. The number of nitrogens with one attached hydrogen (secondary N) is 1. The summed E-state index contributed by atoms with van der Waals surface area (Å²) in [7, 11) is 0. The van der Waals surface area contributed by atoms with Crippen molar-refractivity contribution in [1.82, 2.24) is 9.97 Å². The zero-order chi connectivity index (χ0) is 24.0. The van der Waals surface area contributed by atoms with Crippen molar-refractivity contribution >= 4 is 47.0 Å². The molecule has 5 rings (SSSR count). The summed E-state index contributed by atoms with van der Waals surface area (Å²) < 4.78 is 0. The van der Waals surface area contributed by atoms with Gasteiger partial charge in [0.1, 0.15) is 17.3 Å². The fraction of sp³-hybridized carbons (Fsp3) is 0. The van der Waals surface area contributed by atoms with E-state index < -0.39 is 0 Å². The van der Waals surface area contributed by atoms with Crippen LogP contribution in [0.2, 0.25) is 0 Å². The summed E-state index contributed by atoms with van der Waals surface area (Å²) in [6.45, 7) is 0. The maximum atomic E-state index is 9.89. The highest BCUT2D eigenvalue weighted by Gasteiger charge is 2.02. The minimum absolute atomic E-state index is 0.194. The number of phenolic OH excluding ortho intramolecular Hbond substituents is 2. The lowest BCUT2D eigenvalue weighted by Gasteiger charge is -1.99. The van der Waals surface area contributed by atoms with Crippen molar-refractivity contribution in [2.24, 2.45) is 9.98 Å². The Morgan fingerprint density at radius 3 is 2.00 bits per heavy atom. The van der Waals surface area contributed by atoms with Crippen LogP contribution in [-0.4, -0.2) is 32.6 Å². The predicted octanol–water partition coefficient (Wildman–Crippen LogP) is 6.65. The van der Waals surface area contributed by atoms with Crippen molar-refractivity contribution < 1.29 is 10.2 Å². The Labute approximate surface area is 202 Å². The molecule has 0 unspecified atom stereocenters. The lowest BCUT2D eigenvalue weighted by molar-refractivity contribution is 0.474. The summed E-state index contributed by atoms with van der Waals surface area (Å²) in [6, 6.07) is 27.7. The number of rotatable bonds is 6. The number of aromatic amines is 1. The molecular formula is C29H22N4O2. The van der Waals surface area contributed by atoms with Gasteiger partial charge in [-0.05, 0) is 66.2 Å². The van der Waals surface area contributed by atoms with Crippen molar-refractivity contribution in [1.29, 1.82) is 0 Å². The fourth-order valence-corrected chi connectivity index (χ4v) is 3.54. The average Bonchev–Trinajstić information content (AvgIpc) is 3.29. The summed E-state index contributed by atoms with van der Waals surface area (Å²) in [4.78, 5) is 16.9. The molecular weight excluding hydrogens is 436 g/mol. The highest BCUT2D eigenvalue weighted by Crippen LogP contribution is 2.22. The number of benzene rings is 4. The molecule has 5 aromatic rings. The standard InChI is InChI=1S/C29H22N4O2/c34-27-10-3-1-7-21(27)18-30-23-9-5-6-20(16-23)12-15-29-32-25-14-13-24(17-26(25)33-29)31-19-22-8-2-4-11-28(22)35/h1-19,34-35H,(H,32,33)/b15-12+,30-18?,31-19?. The van der Waals surface area contributed by atoms with Gasteiger partial charge in [0.2, 0.25) is 0 Å². The predicted molar refractivity (Wildman–Crippen MR) is 142 cm³/mol. The van der Waals surface area contributed by atoms with Gasteiger partial charge in [0.25, 0.3) is 0 Å². The molecule has 0 atom stereocenters. The van der Waals surface area contributed by atoms with Crippen molar-refractivity contribution in [3.63, 3.8) is 0 Å². The Hall–Kier alpha value is -4.97. The smallest absolute Gasteiger partial charge is 0.131 e. The largest absolute Gasteiger partial charge is 0.507 e. The third-order valence-electron chi connectivity index (χ3n) is 5.37. The molecule has 1 heterocycles. The molecule has 6 nitrogen and oxygen atoms in total. The lowest BCUT2D eigenvalue weighted by Crippen LogP contribution is -1.81. The van der Waals surface area contributed by atoms with Crippen LogP contribution in [0.3, 0.4) is 0 Å². The number of nitrogens with zero attached hydrogens (tertiary/aromatic N) is 3. The first kappa shape index (κ1) is 21.9. The van der Waals surface area contributed by atoms with E-state index in [9.17, 15) is 10.2 Å². The molecule has 3 N–H and O–H groups in total. The fourth-order valence-electron chi connectivity index (χ4n) is 3.54. The molecule has 6 heteroatoms. The van der Waals surface area contributed by atoms with Gasteiger partial charge in [-0.1, -0.05) is 42.5 Å². The average molecular weight is 459 g/mol. The molecule has 0 amide bonds. The van der Waals surface area contributed by atoms with Gasteiger partial charge in [-0.25, -0.2) is 4.98 Å². The van der Waals surface area contributed by atoms with Crippen LogP contribution in [0.4, 0.5) is 11.4 Å². The SMILES string of the molecule is Oc1ccccc1C=Nc1cccc(/C=C/c2nc3ccc(N=Cc4ccccc4O)cc3[nH]2)c1. The van der Waals surface area contributed by atoms with E-state index in [1.54, 1.807) is 36.7 Å². The van der Waals surface area contributed by atoms with Gasteiger partial charge in [0.15, 0.2) is 0 Å². The van der Waals surface area contributed by atoms with Crippen molar-refractivity contribution in [2.45, 2.75) is 0 Å². The van der Waals surface area contributed by atoms with Gasteiger partial charge in [0.05, 0.1) is 22.4 Å². The van der Waals surface area contributed by atoms with Gasteiger partial charge in [0, 0.05) is 23.6 Å². The number of imidazole rings is 1. The number of fused-ring (bicyclic) bond motifs is 1. The zero-order valence-corrected chi connectivity index (χ0v) is 18.7. The van der Waals surface area contributed by atoms with E-state index in [0.717, 1.165) is 33.8 Å². The van der Waals surface area contributed by atoms with Crippen LogP contribution in [0, 0.1) is 0 Å². The molecule has 0 radical (unpaired) electrons. The highest BCUT2D eigenvalue weighted by molar-refractivity contribution is 5.88. The Balaban J connectivity index is 1.32. The van der Waals surface area contributed by atoms with Gasteiger partial charge in [-0.2, -0.15) is 0 Å². The van der Waals surface area contributed by atoms with Crippen LogP contribution in [0.25, 0.3) is 23.2 Å². The first-order chi connectivity index (χ1) is 17.1. The molecule has 4 aromatic carbocycles. The minimum atomic E-state index is 0.194. The Morgan fingerprint density at radius 1 is 0.657 bits per heavy atom. The number of hydrogen-bond acceptors (Lipinski definition) is 5. The molecule has 35 heavy (non-hydrogen) atoms. The van der Waals surface area contributed by atoms with Crippen molar-refractivity contribution in [3.8, 4) is 11.5 Å². The molecule has 0 fully saturated rings. The normalized spacial score (nSPS) is 11.9. The van der Waals surface area contributed by atoms with Crippen LogP contribution >= 0.6 is 0 Å². The van der Waals surface area contributed by atoms with Crippen LogP contribution in [-0.2, 0) is 0 Å². The lowest BCUT2D eigenvalue weighted by atomic mass is 10.2. The topological polar surface area (TPSA) is 93.9 Å². The maximum absolute atomic E-state index is 9.89. The monoisotopic (exact) mass is 458 g/mol. The Bertz CT molecular complexity index is 1580. The van der Waals surface area contributed by atoms with Crippen LogP contribution in [0.15, 0.2) is 101 Å². The van der Waals surface area contributed by atoms with Gasteiger partial charge < -0.3 is 15.2 Å². The third kappa shape index (κ3) is 5.34. The van der Waals surface area contributed by atoms with Crippen LogP contribution < -0.4 is 0 Å². The number of H-pyrrole nitrogens is 1. The number of phenols is 2. The molecule has 0 spiro atoms. The zero-order valence-electron chi connectivity index (χ0n) is 18.7. The summed E-state index contributed by atoms with van der Waals surface area (Å²) >= 11 is 0. The second-order valence-electron chi connectivity index (χ2n) is 7.89. The van der Waals surface area contributed by atoms with Gasteiger partial charge in [-0.3, -0.25) is 9.98 Å². The molecule has 0 saturated heterocycles. The molecule has 0 aliphatic heterocycles. The van der Waals surface area contributed by atoms with Crippen molar-refractivity contribution in [3.05, 3.63) is 114 Å². The van der Waals surface area contributed by atoms with E-state index in [4.69, 9.17) is 0 Å². The highest BCUT2D eigenvalue weighted by atomic mass is 16.3. The summed E-state index contributed by atoms with van der Waals surface area (Å²) in [5, 5.41) is 19.8. The molecule has 170 valence electrons. The Morgan fingerprint density at radius 2 is 1.31 bits per heavy atom. The third-order valence-corrected chi connectivity index (χ3v) is 5.37. The first-order valence-corrected chi connectivity index (χ1v) is 11.1. The second-order valence-corrected chi connectivity index (χ2v) is 7.89. The number of para-hydroxylation sites is 2. The van der Waals surface area contributed by atoms with Crippen LogP contribution in [0.1, 0.15) is 22.5 Å². The molecule has 1 aromatic heterocycles. The van der Waals surface area contributed by atoms with E-state index in [0.29, 0.717) is 11.1 Å². The molecule has 0 bridgehead atoms. The molecule has 0 saturated carbocycles. The quantitative estimate of drug-likeness (QED) is 0.249. The number of aromatic nitrogens is 2. The van der Waals surface area contributed by atoms with Crippen molar-refractivity contribution in [2.75, 3.05) is 0 Å². The van der Waals surface area contributed by atoms with E-state index in [1.165, 1.54) is 0 Å². The van der Waals surface area contributed by atoms with Crippen LogP contribution in [0.5, 0.6) is 11.5 Å². The maximum Gasteiger partial charge on any atom is 0.131 e. The number of hydrogen-bond donors (Lipinski definition) is 3. The van der Waals surface area contributed by atoms with E-state index in [1.807, 2.05) is 78.9 Å².